The predicted octanol–water partition coefficient (Wildman–Crippen LogP) is -1.01. The van der Waals surface area contributed by atoms with E-state index >= 15 is 0 Å². The van der Waals surface area contributed by atoms with Crippen molar-refractivity contribution in [3.8, 4) is 0 Å². The van der Waals surface area contributed by atoms with E-state index < -0.39 is 27.9 Å². The maximum Gasteiger partial charge on any atom is 0.325 e. The number of nitrogens with one attached hydrogen (secondary N) is 2. The minimum atomic E-state index is -3.78. The third-order valence-electron chi connectivity index (χ3n) is 2.75. The Morgan fingerprint density at radius 1 is 1.48 bits per heavy atom. The summed E-state index contributed by atoms with van der Waals surface area (Å²) in [7, 11) is -2.11. The molecule has 118 valence electrons. The Morgan fingerprint density at radius 3 is 2.57 bits per heavy atom. The van der Waals surface area contributed by atoms with Crippen LogP contribution in [0.3, 0.4) is 0 Å². The van der Waals surface area contributed by atoms with Gasteiger partial charge in [0.05, 0.1) is 0 Å². The fraction of sp³-hybridized carbons (Fsp3) is 0.545. The lowest BCUT2D eigenvalue weighted by Gasteiger charge is -2.09. The molecule has 3 N–H and O–H groups in total. The van der Waals surface area contributed by atoms with Crippen molar-refractivity contribution in [1.29, 1.82) is 0 Å². The number of carbonyl (C=O) groups excluding carboxylic acids is 1. The molecule has 10 heteroatoms. The van der Waals surface area contributed by atoms with Crippen LogP contribution in [0.15, 0.2) is 11.2 Å². The number of aryl methyl sites for hydroxylation is 2. The zero-order valence-electron chi connectivity index (χ0n) is 12.0. The first-order valence-electron chi connectivity index (χ1n) is 6.15. The molecular formula is C11H18N4O5S. The van der Waals surface area contributed by atoms with Gasteiger partial charge >= 0.3 is 5.97 Å². The molecule has 1 amide bonds. The Labute approximate surface area is 122 Å². The molecular weight excluding hydrogens is 300 g/mol. The summed E-state index contributed by atoms with van der Waals surface area (Å²) in [5, 5.41) is 10.7. The van der Waals surface area contributed by atoms with Gasteiger partial charge in [-0.15, -0.1) is 0 Å². The van der Waals surface area contributed by atoms with Crippen molar-refractivity contribution >= 4 is 21.9 Å². The molecule has 0 radical (unpaired) electrons. The Hall–Kier alpha value is -1.94. The summed E-state index contributed by atoms with van der Waals surface area (Å²) in [6.07, 6.45) is 1.20. The number of imidazole rings is 1. The van der Waals surface area contributed by atoms with Crippen molar-refractivity contribution in [3.05, 3.63) is 12.0 Å². The fourth-order valence-corrected chi connectivity index (χ4v) is 2.47. The zero-order valence-corrected chi connectivity index (χ0v) is 12.8. The van der Waals surface area contributed by atoms with Crippen LogP contribution in [0.1, 0.15) is 19.2 Å². The van der Waals surface area contributed by atoms with Crippen molar-refractivity contribution in [1.82, 2.24) is 19.6 Å². The summed E-state index contributed by atoms with van der Waals surface area (Å²) in [6.45, 7) is 2.84. The quantitative estimate of drug-likeness (QED) is 0.590. The molecule has 0 saturated carbocycles. The molecule has 1 aromatic rings. The highest BCUT2D eigenvalue weighted by molar-refractivity contribution is 7.89. The van der Waals surface area contributed by atoms with Gasteiger partial charge in [0.1, 0.15) is 11.9 Å². The highest BCUT2D eigenvalue weighted by atomic mass is 32.2. The molecule has 9 nitrogen and oxygen atoms in total. The third kappa shape index (κ3) is 4.83. The summed E-state index contributed by atoms with van der Waals surface area (Å²) in [4.78, 5) is 25.8. The number of carbonyl (C=O) groups is 2. The lowest BCUT2D eigenvalue weighted by atomic mass is 10.3. The Balaban J connectivity index is 2.51. The van der Waals surface area contributed by atoms with Crippen molar-refractivity contribution in [2.24, 2.45) is 7.05 Å². The number of carboxylic acid groups (broad SMARTS) is 1. The van der Waals surface area contributed by atoms with Crippen LogP contribution in [0.2, 0.25) is 0 Å². The van der Waals surface area contributed by atoms with E-state index in [1.807, 2.05) is 0 Å². The molecule has 1 atom stereocenters. The number of aromatic nitrogens is 2. The molecule has 0 spiro atoms. The van der Waals surface area contributed by atoms with Crippen LogP contribution in [0.5, 0.6) is 0 Å². The van der Waals surface area contributed by atoms with Gasteiger partial charge in [0.15, 0.2) is 5.03 Å². The second kappa shape index (κ2) is 6.68. The van der Waals surface area contributed by atoms with Gasteiger partial charge in [-0.1, -0.05) is 0 Å². The van der Waals surface area contributed by atoms with Crippen molar-refractivity contribution in [3.63, 3.8) is 0 Å². The molecule has 0 aliphatic carbocycles. The molecule has 0 fully saturated rings. The van der Waals surface area contributed by atoms with Crippen LogP contribution in [0.4, 0.5) is 0 Å². The van der Waals surface area contributed by atoms with Crippen LogP contribution < -0.4 is 10.0 Å². The van der Waals surface area contributed by atoms with Gasteiger partial charge in [-0.3, -0.25) is 9.59 Å². The summed E-state index contributed by atoms with van der Waals surface area (Å²) >= 11 is 0. The lowest BCUT2D eigenvalue weighted by Crippen LogP contribution is -2.39. The van der Waals surface area contributed by atoms with Gasteiger partial charge in [-0.25, -0.2) is 18.1 Å². The number of hydrogen-bond acceptors (Lipinski definition) is 5. The first-order chi connectivity index (χ1) is 9.63. The summed E-state index contributed by atoms with van der Waals surface area (Å²) in [6, 6.07) is -1.02. The van der Waals surface area contributed by atoms with Crippen LogP contribution in [-0.4, -0.2) is 47.5 Å². The smallest absolute Gasteiger partial charge is 0.325 e. The van der Waals surface area contributed by atoms with E-state index in [1.54, 1.807) is 18.5 Å². The first kappa shape index (κ1) is 17.1. The average Bonchev–Trinajstić information content (AvgIpc) is 2.70. The number of sulfonamides is 1. The Kier molecular flexibility index (Phi) is 5.44. The molecule has 0 aliphatic heterocycles. The summed E-state index contributed by atoms with van der Waals surface area (Å²) in [5.41, 5.74) is 0. The molecule has 0 bridgehead atoms. The molecule has 1 heterocycles. The van der Waals surface area contributed by atoms with Crippen LogP contribution in [0, 0.1) is 6.92 Å². The maximum absolute atomic E-state index is 11.9. The predicted molar refractivity (Wildman–Crippen MR) is 73.0 cm³/mol. The maximum atomic E-state index is 11.9. The standard InChI is InChI=1S/C11H18N4O5S/c1-7(11(17)18)13-9(16)4-5-12-21(19,20)10-6-15(3)8(2)14-10/h6-7,12H,4-5H2,1-3H3,(H,13,16)(H,17,18)/t7-/m1/s1. The topological polar surface area (TPSA) is 130 Å². The zero-order chi connectivity index (χ0) is 16.2. The molecule has 0 aromatic carbocycles. The van der Waals surface area contributed by atoms with Crippen LogP contribution in [-0.2, 0) is 26.7 Å². The third-order valence-corrected chi connectivity index (χ3v) is 4.09. The first-order valence-corrected chi connectivity index (χ1v) is 7.63. The van der Waals surface area contributed by atoms with Gasteiger partial charge in [0, 0.05) is 26.2 Å². The number of hydrogen-bond donors (Lipinski definition) is 3. The highest BCUT2D eigenvalue weighted by Crippen LogP contribution is 2.07. The van der Waals surface area contributed by atoms with E-state index in [1.165, 1.54) is 13.1 Å². The van der Waals surface area contributed by atoms with Crippen LogP contribution in [0.25, 0.3) is 0 Å². The van der Waals surface area contributed by atoms with Crippen molar-refractivity contribution in [2.75, 3.05) is 6.54 Å². The Morgan fingerprint density at radius 2 is 2.10 bits per heavy atom. The van der Waals surface area contributed by atoms with Crippen molar-refractivity contribution in [2.45, 2.75) is 31.3 Å². The van der Waals surface area contributed by atoms with E-state index in [4.69, 9.17) is 5.11 Å². The van der Waals surface area contributed by atoms with E-state index in [2.05, 4.69) is 15.0 Å². The van der Waals surface area contributed by atoms with E-state index in [0.29, 0.717) is 5.82 Å². The highest BCUT2D eigenvalue weighted by Gasteiger charge is 2.19. The van der Waals surface area contributed by atoms with E-state index in [9.17, 15) is 18.0 Å². The minimum Gasteiger partial charge on any atom is -0.480 e. The Bertz CT molecular complexity index is 618. The number of aliphatic carboxylic acids is 1. The summed E-state index contributed by atoms with van der Waals surface area (Å²) in [5.74, 6) is -1.17. The fourth-order valence-electron chi connectivity index (χ4n) is 1.40. The number of nitrogens with zero attached hydrogens (tertiary/aromatic N) is 2. The van der Waals surface area contributed by atoms with Crippen molar-refractivity contribution < 1.29 is 23.1 Å². The van der Waals surface area contributed by atoms with E-state index in [0.717, 1.165) is 0 Å². The lowest BCUT2D eigenvalue weighted by molar-refractivity contribution is -0.141. The molecule has 0 saturated heterocycles. The largest absolute Gasteiger partial charge is 0.480 e. The monoisotopic (exact) mass is 318 g/mol. The van der Waals surface area contributed by atoms with Gasteiger partial charge in [-0.2, -0.15) is 0 Å². The average molecular weight is 318 g/mol. The summed E-state index contributed by atoms with van der Waals surface area (Å²) < 4.78 is 27.6. The van der Waals surface area contributed by atoms with Gasteiger partial charge in [0.25, 0.3) is 10.0 Å². The number of amides is 1. The van der Waals surface area contributed by atoms with E-state index in [-0.39, 0.29) is 18.0 Å². The molecule has 0 aliphatic rings. The van der Waals surface area contributed by atoms with Gasteiger partial charge in [0.2, 0.25) is 5.91 Å². The minimum absolute atomic E-state index is 0.123. The molecule has 0 unspecified atom stereocenters. The number of carboxylic acids is 1. The molecule has 1 rings (SSSR count). The van der Waals surface area contributed by atoms with Gasteiger partial charge < -0.3 is 15.0 Å². The van der Waals surface area contributed by atoms with Crippen LogP contribution >= 0.6 is 0 Å². The normalized spacial score (nSPS) is 12.9. The number of rotatable bonds is 7. The molecule has 21 heavy (non-hydrogen) atoms. The SMILES string of the molecule is Cc1nc(S(=O)(=O)NCCC(=O)N[C@H](C)C(=O)O)cn1C. The molecule has 1 aromatic heterocycles. The second-order valence-corrected chi connectivity index (χ2v) is 6.23. The van der Waals surface area contributed by atoms with Gasteiger partial charge in [-0.05, 0) is 13.8 Å². The second-order valence-electron chi connectivity index (χ2n) is 4.51.